The molecule has 2 aromatic carbocycles. The number of anilines is 1. The molecule has 0 aliphatic heterocycles. The largest absolute Gasteiger partial charge is 0.449 e. The van der Waals surface area contributed by atoms with Crippen molar-refractivity contribution in [3.05, 3.63) is 64.8 Å². The zero-order valence-electron chi connectivity index (χ0n) is 14.4. The van der Waals surface area contributed by atoms with Crippen LogP contribution in [-0.2, 0) is 15.7 Å². The fourth-order valence-corrected chi connectivity index (χ4v) is 2.71. The summed E-state index contributed by atoms with van der Waals surface area (Å²) in [5.41, 5.74) is -0.221. The van der Waals surface area contributed by atoms with E-state index in [1.54, 1.807) is 24.3 Å². The van der Waals surface area contributed by atoms with Crippen LogP contribution in [0.2, 0.25) is 5.02 Å². The molecule has 1 amide bonds. The van der Waals surface area contributed by atoms with Gasteiger partial charge in [0.25, 0.3) is 5.91 Å². The van der Waals surface area contributed by atoms with Crippen molar-refractivity contribution in [1.29, 1.82) is 0 Å². The molecule has 1 heterocycles. The Hall–Kier alpha value is -3.00. The number of aromatic nitrogens is 1. The van der Waals surface area contributed by atoms with Crippen molar-refractivity contribution in [1.82, 2.24) is 4.98 Å². The molecule has 5 nitrogen and oxygen atoms in total. The van der Waals surface area contributed by atoms with E-state index in [0.29, 0.717) is 11.5 Å². The van der Waals surface area contributed by atoms with Crippen LogP contribution in [0.25, 0.3) is 10.9 Å². The second kappa shape index (κ2) is 7.55. The van der Waals surface area contributed by atoms with Crippen molar-refractivity contribution < 1.29 is 27.5 Å². The van der Waals surface area contributed by atoms with Crippen LogP contribution in [-0.4, -0.2) is 23.0 Å². The van der Waals surface area contributed by atoms with Crippen LogP contribution in [0.1, 0.15) is 22.8 Å². The monoisotopic (exact) mass is 410 g/mol. The van der Waals surface area contributed by atoms with E-state index in [1.165, 1.54) is 13.1 Å². The number of hydrogen-bond donors (Lipinski definition) is 2. The maximum atomic E-state index is 12.8. The highest BCUT2D eigenvalue weighted by molar-refractivity contribution is 6.33. The maximum absolute atomic E-state index is 12.8. The lowest BCUT2D eigenvalue weighted by Crippen LogP contribution is -2.30. The summed E-state index contributed by atoms with van der Waals surface area (Å²) in [5, 5.41) is 2.81. The number of hydrogen-bond acceptors (Lipinski definition) is 3. The maximum Gasteiger partial charge on any atom is 0.416 e. The number of aromatic amines is 1. The van der Waals surface area contributed by atoms with Gasteiger partial charge >= 0.3 is 12.1 Å². The molecule has 1 aromatic heterocycles. The van der Waals surface area contributed by atoms with Gasteiger partial charge in [0, 0.05) is 17.1 Å². The number of fused-ring (bicyclic) bond motifs is 1. The van der Waals surface area contributed by atoms with Crippen molar-refractivity contribution in [2.45, 2.75) is 19.2 Å². The molecule has 0 saturated carbocycles. The molecule has 0 aliphatic rings. The summed E-state index contributed by atoms with van der Waals surface area (Å²) < 4.78 is 43.6. The van der Waals surface area contributed by atoms with Crippen molar-refractivity contribution in [3.8, 4) is 0 Å². The SMILES string of the molecule is C[C@@H](OC(=O)c1c[nH]c2ccccc12)C(=O)Nc1cc(C(F)(F)F)ccc1Cl. The van der Waals surface area contributed by atoms with E-state index in [-0.39, 0.29) is 16.3 Å². The fourth-order valence-electron chi connectivity index (χ4n) is 2.55. The Kier molecular flexibility index (Phi) is 5.33. The Balaban J connectivity index is 1.72. The van der Waals surface area contributed by atoms with Gasteiger partial charge in [0.1, 0.15) is 0 Å². The molecule has 0 fully saturated rings. The van der Waals surface area contributed by atoms with Crippen LogP contribution in [0, 0.1) is 0 Å². The molecule has 3 rings (SSSR count). The van der Waals surface area contributed by atoms with Gasteiger partial charge in [0.05, 0.1) is 21.8 Å². The summed E-state index contributed by atoms with van der Waals surface area (Å²) >= 11 is 5.85. The summed E-state index contributed by atoms with van der Waals surface area (Å²) in [4.78, 5) is 27.5. The van der Waals surface area contributed by atoms with E-state index in [1.807, 2.05) is 0 Å². The lowest BCUT2D eigenvalue weighted by molar-refractivity contribution is -0.137. The summed E-state index contributed by atoms with van der Waals surface area (Å²) in [6.07, 6.45) is -4.38. The van der Waals surface area contributed by atoms with E-state index in [2.05, 4.69) is 10.3 Å². The lowest BCUT2D eigenvalue weighted by atomic mass is 10.2. The van der Waals surface area contributed by atoms with Crippen LogP contribution in [0.4, 0.5) is 18.9 Å². The molecule has 0 aliphatic carbocycles. The summed E-state index contributed by atoms with van der Waals surface area (Å²) in [7, 11) is 0. The molecule has 1 atom stereocenters. The number of halogens is 4. The first-order valence-electron chi connectivity index (χ1n) is 8.11. The van der Waals surface area contributed by atoms with Crippen molar-refractivity contribution in [2.75, 3.05) is 5.32 Å². The van der Waals surface area contributed by atoms with Gasteiger partial charge in [-0.15, -0.1) is 0 Å². The Morgan fingerprint density at radius 1 is 1.18 bits per heavy atom. The average molecular weight is 411 g/mol. The Bertz CT molecular complexity index is 1050. The Morgan fingerprint density at radius 3 is 2.61 bits per heavy atom. The Morgan fingerprint density at radius 2 is 1.89 bits per heavy atom. The summed E-state index contributed by atoms with van der Waals surface area (Å²) in [6, 6.07) is 9.59. The van der Waals surface area contributed by atoms with Crippen LogP contribution < -0.4 is 5.32 Å². The third-order valence-electron chi connectivity index (χ3n) is 4.01. The number of ether oxygens (including phenoxy) is 1. The van der Waals surface area contributed by atoms with Gasteiger partial charge in [-0.1, -0.05) is 29.8 Å². The minimum atomic E-state index is -4.59. The third-order valence-corrected chi connectivity index (χ3v) is 4.34. The van der Waals surface area contributed by atoms with Crippen LogP contribution in [0.15, 0.2) is 48.7 Å². The van der Waals surface area contributed by atoms with E-state index in [4.69, 9.17) is 16.3 Å². The highest BCUT2D eigenvalue weighted by atomic mass is 35.5. The van der Waals surface area contributed by atoms with E-state index < -0.39 is 29.7 Å². The molecule has 0 radical (unpaired) electrons. The van der Waals surface area contributed by atoms with Gasteiger partial charge in [-0.2, -0.15) is 13.2 Å². The smallest absolute Gasteiger partial charge is 0.416 e. The molecule has 0 spiro atoms. The predicted molar refractivity (Wildman–Crippen MR) is 98.3 cm³/mol. The molecule has 0 unspecified atom stereocenters. The van der Waals surface area contributed by atoms with Crippen LogP contribution in [0.5, 0.6) is 0 Å². The number of nitrogens with one attached hydrogen (secondary N) is 2. The van der Waals surface area contributed by atoms with Crippen molar-refractivity contribution in [3.63, 3.8) is 0 Å². The molecular weight excluding hydrogens is 397 g/mol. The number of carbonyl (C=O) groups excluding carboxylic acids is 2. The van der Waals surface area contributed by atoms with Gasteiger partial charge in [-0.05, 0) is 31.2 Å². The summed E-state index contributed by atoms with van der Waals surface area (Å²) in [5.74, 6) is -1.55. The number of para-hydroxylation sites is 1. The second-order valence-corrected chi connectivity index (χ2v) is 6.38. The van der Waals surface area contributed by atoms with Gasteiger partial charge in [-0.3, -0.25) is 4.79 Å². The molecule has 28 heavy (non-hydrogen) atoms. The molecule has 2 N–H and O–H groups in total. The van der Waals surface area contributed by atoms with Gasteiger partial charge in [0.15, 0.2) is 6.10 Å². The second-order valence-electron chi connectivity index (χ2n) is 5.98. The average Bonchev–Trinajstić information content (AvgIpc) is 3.06. The fraction of sp³-hybridized carbons (Fsp3) is 0.158. The molecule has 146 valence electrons. The normalized spacial score (nSPS) is 12.6. The van der Waals surface area contributed by atoms with E-state index in [0.717, 1.165) is 17.6 Å². The first-order valence-corrected chi connectivity index (χ1v) is 8.49. The van der Waals surface area contributed by atoms with Crippen LogP contribution in [0.3, 0.4) is 0 Å². The number of rotatable bonds is 4. The number of carbonyl (C=O) groups is 2. The zero-order valence-corrected chi connectivity index (χ0v) is 15.2. The number of alkyl halides is 3. The topological polar surface area (TPSA) is 71.2 Å². The highest BCUT2D eigenvalue weighted by Crippen LogP contribution is 2.34. The van der Waals surface area contributed by atoms with Crippen molar-refractivity contribution in [2.24, 2.45) is 0 Å². The highest BCUT2D eigenvalue weighted by Gasteiger charge is 2.31. The first kappa shape index (κ1) is 19.8. The number of H-pyrrole nitrogens is 1. The Labute approximate surface area is 162 Å². The first-order chi connectivity index (χ1) is 13.2. The van der Waals surface area contributed by atoms with Crippen LogP contribution >= 0.6 is 11.6 Å². The van der Waals surface area contributed by atoms with Crippen molar-refractivity contribution >= 4 is 40.1 Å². The number of esters is 1. The minimum absolute atomic E-state index is 0.0727. The summed E-state index contributed by atoms with van der Waals surface area (Å²) in [6.45, 7) is 1.31. The van der Waals surface area contributed by atoms with Gasteiger partial charge < -0.3 is 15.0 Å². The molecule has 0 bridgehead atoms. The number of benzene rings is 2. The van der Waals surface area contributed by atoms with E-state index in [9.17, 15) is 22.8 Å². The van der Waals surface area contributed by atoms with E-state index >= 15 is 0 Å². The molecule has 0 saturated heterocycles. The standard InChI is InChI=1S/C19H14ClF3N2O3/c1-10(28-18(27)13-9-24-15-5-3-2-4-12(13)15)17(26)25-16-8-11(19(21,22)23)6-7-14(16)20/h2-10,24H,1H3,(H,25,26)/t10-/m1/s1. The predicted octanol–water partition coefficient (Wildman–Crippen LogP) is 5.02. The quantitative estimate of drug-likeness (QED) is 0.593. The lowest BCUT2D eigenvalue weighted by Gasteiger charge is -2.15. The minimum Gasteiger partial charge on any atom is -0.449 e. The zero-order chi connectivity index (χ0) is 20.5. The molecule has 9 heteroatoms. The molecular formula is C19H14ClF3N2O3. The third kappa shape index (κ3) is 4.12. The van der Waals surface area contributed by atoms with Gasteiger partial charge in [0.2, 0.25) is 0 Å². The molecule has 3 aromatic rings. The van der Waals surface area contributed by atoms with Gasteiger partial charge in [-0.25, -0.2) is 4.79 Å². The number of amides is 1.